The predicted molar refractivity (Wildman–Crippen MR) is 137 cm³/mol. The summed E-state index contributed by atoms with van der Waals surface area (Å²) in [6.07, 6.45) is 5.24. The highest BCUT2D eigenvalue weighted by molar-refractivity contribution is 8.06. The summed E-state index contributed by atoms with van der Waals surface area (Å²) in [5, 5.41) is 22.5. The molecule has 0 bridgehead atoms. The van der Waals surface area contributed by atoms with E-state index in [9.17, 15) is 10.1 Å². The fourth-order valence-electron chi connectivity index (χ4n) is 5.62. The molecule has 2 aliphatic heterocycles. The van der Waals surface area contributed by atoms with Crippen molar-refractivity contribution >= 4 is 17.7 Å². The normalized spacial score (nSPS) is 24.8. The molecule has 0 saturated carbocycles. The Morgan fingerprint density at radius 2 is 2.25 bits per heavy atom. The predicted octanol–water partition coefficient (Wildman–Crippen LogP) is 3.06. The van der Waals surface area contributed by atoms with Crippen LogP contribution >= 0.6 is 11.8 Å². The monoisotopic (exact) mass is 505 g/mol. The minimum Gasteiger partial charge on any atom is -0.375 e. The third kappa shape index (κ3) is 5.09. The number of nitrogens with zero attached hydrogens (tertiary/aromatic N) is 7. The summed E-state index contributed by atoms with van der Waals surface area (Å²) in [5.74, 6) is 0.131. The van der Waals surface area contributed by atoms with Crippen LogP contribution in [-0.2, 0) is 16.0 Å². The molecule has 3 unspecified atom stereocenters. The van der Waals surface area contributed by atoms with E-state index in [0.29, 0.717) is 18.1 Å². The van der Waals surface area contributed by atoms with Crippen LogP contribution in [0.1, 0.15) is 43.2 Å². The lowest BCUT2D eigenvalue weighted by Gasteiger charge is -2.47. The molecule has 3 heterocycles. The third-order valence-electron chi connectivity index (χ3n) is 7.46. The van der Waals surface area contributed by atoms with Crippen LogP contribution in [0.15, 0.2) is 47.0 Å². The van der Waals surface area contributed by atoms with Crippen molar-refractivity contribution in [2.24, 2.45) is 0 Å². The number of hydrogen-bond acceptors (Lipinski definition) is 8. The number of ether oxygens (including phenoxy) is 1. The number of aromatic nitrogens is 4. The van der Waals surface area contributed by atoms with Crippen molar-refractivity contribution in [2.75, 3.05) is 32.8 Å². The highest BCUT2D eigenvalue weighted by Gasteiger charge is 2.38. The Labute approximate surface area is 215 Å². The van der Waals surface area contributed by atoms with E-state index in [1.54, 1.807) is 16.4 Å². The van der Waals surface area contributed by atoms with Crippen LogP contribution in [0, 0.1) is 11.3 Å². The first-order chi connectivity index (χ1) is 17.6. The summed E-state index contributed by atoms with van der Waals surface area (Å²) in [6.45, 7) is 9.43. The SMILES string of the molecule is C=CS/C(C#N)=C(/C)CC1CN2CCN(C(=O)C3CCCc4cc(-n5cnnn5)ccc43)CC2CO1. The van der Waals surface area contributed by atoms with Gasteiger partial charge in [-0.3, -0.25) is 9.69 Å². The van der Waals surface area contributed by atoms with Crippen LogP contribution in [0.3, 0.4) is 0 Å². The molecule has 5 rings (SSSR count). The molecule has 36 heavy (non-hydrogen) atoms. The summed E-state index contributed by atoms with van der Waals surface area (Å²) in [7, 11) is 0. The number of nitriles is 1. The maximum atomic E-state index is 13.7. The molecule has 1 aliphatic carbocycles. The first-order valence-corrected chi connectivity index (χ1v) is 13.3. The highest BCUT2D eigenvalue weighted by Crippen LogP contribution is 2.35. The number of benzene rings is 1. The van der Waals surface area contributed by atoms with Gasteiger partial charge in [-0.05, 0) is 77.3 Å². The first kappa shape index (κ1) is 24.7. The van der Waals surface area contributed by atoms with Crippen LogP contribution < -0.4 is 0 Å². The lowest BCUT2D eigenvalue weighted by atomic mass is 9.81. The summed E-state index contributed by atoms with van der Waals surface area (Å²) >= 11 is 1.37. The van der Waals surface area contributed by atoms with Gasteiger partial charge in [-0.2, -0.15) is 5.26 Å². The molecule has 0 N–H and O–H groups in total. The zero-order valence-corrected chi connectivity index (χ0v) is 21.4. The Balaban J connectivity index is 1.22. The van der Waals surface area contributed by atoms with Gasteiger partial charge in [0.15, 0.2) is 0 Å². The standard InChI is InChI=1S/C26H31N7O2S/c1-3-36-25(13-27)18(2)11-22-15-31-9-10-32(14-21(31)16-35-22)26(34)24-6-4-5-19-12-20(7-8-23(19)24)33-17-28-29-30-33/h3,7-8,12,17,21-22,24H,1,4-6,9-11,14-16H2,2H3/b25-18-. The molecule has 1 amide bonds. The summed E-state index contributed by atoms with van der Waals surface area (Å²) in [5.41, 5.74) is 4.31. The minimum atomic E-state index is -0.0972. The smallest absolute Gasteiger partial charge is 0.230 e. The lowest BCUT2D eigenvalue weighted by molar-refractivity contribution is -0.141. The van der Waals surface area contributed by atoms with Crippen molar-refractivity contribution in [3.8, 4) is 11.8 Å². The molecular weight excluding hydrogens is 474 g/mol. The Kier molecular flexibility index (Phi) is 7.51. The largest absolute Gasteiger partial charge is 0.375 e. The molecule has 1 aromatic heterocycles. The first-order valence-electron chi connectivity index (χ1n) is 12.5. The van der Waals surface area contributed by atoms with E-state index in [1.165, 1.54) is 17.3 Å². The van der Waals surface area contributed by atoms with Gasteiger partial charge in [0, 0.05) is 26.2 Å². The molecular formula is C26H31N7O2S. The van der Waals surface area contributed by atoms with Gasteiger partial charge in [0.1, 0.15) is 12.4 Å². The van der Waals surface area contributed by atoms with Crippen molar-refractivity contribution in [2.45, 2.75) is 50.7 Å². The van der Waals surface area contributed by atoms with Gasteiger partial charge in [-0.15, -0.1) is 5.10 Å². The molecule has 0 radical (unpaired) electrons. The van der Waals surface area contributed by atoms with Crippen LogP contribution in [0.25, 0.3) is 5.69 Å². The number of morpholine rings is 1. The van der Waals surface area contributed by atoms with Gasteiger partial charge in [0.2, 0.25) is 5.91 Å². The van der Waals surface area contributed by atoms with E-state index in [-0.39, 0.29) is 24.0 Å². The van der Waals surface area contributed by atoms with Gasteiger partial charge >= 0.3 is 0 Å². The quantitative estimate of drug-likeness (QED) is 0.553. The van der Waals surface area contributed by atoms with Crippen molar-refractivity contribution in [1.29, 1.82) is 5.26 Å². The Hall–Kier alpha value is -3.00. The highest BCUT2D eigenvalue weighted by atomic mass is 32.2. The average Bonchev–Trinajstić information content (AvgIpc) is 3.45. The van der Waals surface area contributed by atoms with Crippen molar-refractivity contribution < 1.29 is 9.53 Å². The number of carbonyl (C=O) groups is 1. The molecule has 0 spiro atoms. The van der Waals surface area contributed by atoms with E-state index in [4.69, 9.17) is 4.74 Å². The van der Waals surface area contributed by atoms with Crippen molar-refractivity contribution in [3.63, 3.8) is 0 Å². The fraction of sp³-hybridized carbons (Fsp3) is 0.500. The number of aryl methyl sites for hydroxylation is 1. The number of tetrazole rings is 1. The van der Waals surface area contributed by atoms with Gasteiger partial charge in [-0.25, -0.2) is 4.68 Å². The maximum absolute atomic E-state index is 13.7. The number of hydrogen-bond donors (Lipinski definition) is 0. The summed E-state index contributed by atoms with van der Waals surface area (Å²) < 4.78 is 7.84. The van der Waals surface area contributed by atoms with Crippen LogP contribution in [0.4, 0.5) is 0 Å². The summed E-state index contributed by atoms with van der Waals surface area (Å²) in [6, 6.07) is 8.66. The van der Waals surface area contributed by atoms with Crippen LogP contribution in [0.2, 0.25) is 0 Å². The Morgan fingerprint density at radius 1 is 1.36 bits per heavy atom. The van der Waals surface area contributed by atoms with Gasteiger partial charge in [0.05, 0.1) is 35.3 Å². The topological polar surface area (TPSA) is 100 Å². The molecule has 3 atom stereocenters. The Morgan fingerprint density at radius 3 is 3.03 bits per heavy atom. The number of fused-ring (bicyclic) bond motifs is 2. The third-order valence-corrected chi connectivity index (χ3v) is 8.30. The van der Waals surface area contributed by atoms with E-state index in [1.807, 2.05) is 17.9 Å². The van der Waals surface area contributed by atoms with Crippen LogP contribution in [0.5, 0.6) is 0 Å². The number of rotatable bonds is 6. The molecule has 3 aliphatic rings. The summed E-state index contributed by atoms with van der Waals surface area (Å²) in [4.78, 5) is 18.9. The molecule has 10 heteroatoms. The van der Waals surface area contributed by atoms with Gasteiger partial charge in [-0.1, -0.05) is 24.4 Å². The van der Waals surface area contributed by atoms with E-state index < -0.39 is 0 Å². The fourth-order valence-corrected chi connectivity index (χ4v) is 6.12. The molecule has 2 saturated heterocycles. The molecule has 188 valence electrons. The minimum absolute atomic E-state index is 0.0665. The van der Waals surface area contributed by atoms with Gasteiger partial charge < -0.3 is 9.64 Å². The number of allylic oxidation sites excluding steroid dienone is 1. The number of thioether (sulfide) groups is 1. The zero-order valence-electron chi connectivity index (χ0n) is 20.5. The lowest BCUT2D eigenvalue weighted by Crippen LogP contribution is -2.61. The number of carbonyl (C=O) groups excluding carboxylic acids is 1. The molecule has 9 nitrogen and oxygen atoms in total. The zero-order chi connectivity index (χ0) is 25.1. The maximum Gasteiger partial charge on any atom is 0.230 e. The molecule has 1 aromatic carbocycles. The van der Waals surface area contributed by atoms with E-state index in [0.717, 1.165) is 62.1 Å². The molecule has 2 fully saturated rings. The molecule has 2 aromatic rings. The van der Waals surface area contributed by atoms with Crippen LogP contribution in [-0.4, -0.2) is 80.8 Å². The average molecular weight is 506 g/mol. The van der Waals surface area contributed by atoms with Crippen molar-refractivity contribution in [3.05, 3.63) is 58.1 Å². The number of piperazine rings is 1. The second-order valence-corrected chi connectivity index (χ2v) is 10.7. The second kappa shape index (κ2) is 10.9. The second-order valence-electron chi connectivity index (χ2n) is 9.68. The Bertz CT molecular complexity index is 1190. The van der Waals surface area contributed by atoms with E-state index >= 15 is 0 Å². The number of amides is 1. The van der Waals surface area contributed by atoms with Gasteiger partial charge in [0.25, 0.3) is 0 Å². The van der Waals surface area contributed by atoms with E-state index in [2.05, 4.69) is 45.2 Å². The van der Waals surface area contributed by atoms with Crippen molar-refractivity contribution in [1.82, 2.24) is 30.0 Å².